The van der Waals surface area contributed by atoms with Crippen molar-refractivity contribution in [3.8, 4) is 0 Å². The molecule has 69 heavy (non-hydrogen) atoms. The molecule has 6 aromatic heterocycles. The lowest BCUT2D eigenvalue weighted by atomic mass is 9.86. The Bertz CT molecular complexity index is 3190. The van der Waals surface area contributed by atoms with Crippen LogP contribution in [0.5, 0.6) is 0 Å². The van der Waals surface area contributed by atoms with Gasteiger partial charge in [-0.2, -0.15) is 26.3 Å². The highest BCUT2D eigenvalue weighted by molar-refractivity contribution is 6.39. The highest BCUT2D eigenvalue weighted by atomic mass is 35.5. The molecule has 0 spiro atoms. The van der Waals surface area contributed by atoms with Gasteiger partial charge in [-0.25, -0.2) is 29.9 Å². The Morgan fingerprint density at radius 2 is 0.884 bits per heavy atom. The summed E-state index contributed by atoms with van der Waals surface area (Å²) in [4.78, 5) is 27.7. The molecule has 0 radical (unpaired) electrons. The second-order valence-electron chi connectivity index (χ2n) is 17.2. The number of alkyl halides is 6. The molecular formula is C47H46Cl3F6N11O2. The van der Waals surface area contributed by atoms with Crippen molar-refractivity contribution in [3.63, 3.8) is 0 Å². The fourth-order valence-corrected chi connectivity index (χ4v) is 9.61. The minimum absolute atomic E-state index is 0.0511. The van der Waals surface area contributed by atoms with Gasteiger partial charge in [0.25, 0.3) is 0 Å². The summed E-state index contributed by atoms with van der Waals surface area (Å²) in [5.41, 5.74) is 0.156. The van der Waals surface area contributed by atoms with E-state index in [9.17, 15) is 36.6 Å². The highest BCUT2D eigenvalue weighted by Gasteiger charge is 2.43. The molecule has 1 aliphatic rings. The van der Waals surface area contributed by atoms with E-state index in [4.69, 9.17) is 34.8 Å². The molecule has 0 unspecified atom stereocenters. The number of hydrogen-bond acceptors (Lipinski definition) is 9. The smallest absolute Gasteiger partial charge is 0.373 e. The van der Waals surface area contributed by atoms with Crippen molar-refractivity contribution in [1.82, 2.24) is 48.2 Å². The number of rotatable bonds is 9. The van der Waals surface area contributed by atoms with Crippen LogP contribution in [0.4, 0.5) is 32.0 Å². The first-order valence-electron chi connectivity index (χ1n) is 21.4. The molecule has 8 aromatic rings. The van der Waals surface area contributed by atoms with Crippen molar-refractivity contribution >= 4 is 62.3 Å². The standard InChI is InChI=1S/C25H26ClF3N6O.C22H20Cl2F3N5O/c1-14-30-12-20(33(14)3)25(36,21-13-31-15(2)34(21)4)16-6-7-19-17(10-16)22(35-8-5-9-35)18(23(26)32-19)11-24(27,28)29;1-11-28-9-17(31(11)3)22(33,18-10-29-12(2)32(18)4)13-5-6-16-14(7-13)19(23)15(20(24)30-16)8-21(25,26)27/h6-7,10,12-13,36H,5,8-9,11H2,1-4H3;5-7,9-10,33H,8H2,1-4H3. The van der Waals surface area contributed by atoms with Crippen LogP contribution in [0.15, 0.2) is 61.2 Å². The van der Waals surface area contributed by atoms with Crippen LogP contribution in [0, 0.1) is 27.7 Å². The van der Waals surface area contributed by atoms with Crippen LogP contribution >= 0.6 is 34.8 Å². The summed E-state index contributed by atoms with van der Waals surface area (Å²) in [6.45, 7) is 8.50. The summed E-state index contributed by atoms with van der Waals surface area (Å²) in [5.74, 6) is 2.74. The Hall–Kier alpha value is -5.73. The average Bonchev–Trinajstić information content (AvgIpc) is 4.00. The Balaban J connectivity index is 0.000000187. The van der Waals surface area contributed by atoms with Gasteiger partial charge >= 0.3 is 12.4 Å². The molecule has 13 nitrogen and oxygen atoms in total. The lowest BCUT2D eigenvalue weighted by molar-refractivity contribution is -0.128. The Labute approximate surface area is 407 Å². The van der Waals surface area contributed by atoms with E-state index in [-0.39, 0.29) is 31.8 Å². The second kappa shape index (κ2) is 17.9. The first-order valence-corrected chi connectivity index (χ1v) is 22.6. The quantitative estimate of drug-likeness (QED) is 0.107. The van der Waals surface area contributed by atoms with Gasteiger partial charge < -0.3 is 33.4 Å². The molecule has 2 N–H and O–H groups in total. The number of aliphatic hydroxyl groups is 2. The van der Waals surface area contributed by atoms with Crippen LogP contribution in [0.3, 0.4) is 0 Å². The Morgan fingerprint density at radius 1 is 0.536 bits per heavy atom. The molecule has 364 valence electrons. The van der Waals surface area contributed by atoms with Crippen LogP contribution in [-0.4, -0.2) is 83.8 Å². The molecule has 7 heterocycles. The molecule has 0 atom stereocenters. The van der Waals surface area contributed by atoms with E-state index in [1.807, 2.05) is 18.7 Å². The second-order valence-corrected chi connectivity index (χ2v) is 18.3. The van der Waals surface area contributed by atoms with Gasteiger partial charge in [0, 0.05) is 63.2 Å². The normalized spacial score (nSPS) is 13.6. The van der Waals surface area contributed by atoms with Crippen molar-refractivity contribution in [2.75, 3.05) is 18.0 Å². The third-order valence-electron chi connectivity index (χ3n) is 13.1. The number of aromatic nitrogens is 10. The van der Waals surface area contributed by atoms with Crippen LogP contribution in [-0.2, 0) is 52.2 Å². The van der Waals surface area contributed by atoms with E-state index in [0.29, 0.717) is 92.4 Å². The van der Waals surface area contributed by atoms with Crippen molar-refractivity contribution in [2.45, 2.75) is 70.5 Å². The number of nitrogens with zero attached hydrogens (tertiary/aromatic N) is 11. The first-order chi connectivity index (χ1) is 32.3. The predicted octanol–water partition coefficient (Wildman–Crippen LogP) is 9.59. The summed E-state index contributed by atoms with van der Waals surface area (Å²) in [5, 5.41) is 24.7. The van der Waals surface area contributed by atoms with Crippen molar-refractivity contribution < 1.29 is 36.6 Å². The maximum Gasteiger partial charge on any atom is 0.393 e. The third kappa shape index (κ3) is 8.81. The molecule has 0 aliphatic carbocycles. The Morgan fingerprint density at radius 3 is 1.22 bits per heavy atom. The van der Waals surface area contributed by atoms with Gasteiger partial charge in [-0.3, -0.25) is 0 Å². The van der Waals surface area contributed by atoms with Gasteiger partial charge in [-0.15, -0.1) is 0 Å². The minimum Gasteiger partial charge on any atom is -0.373 e. The van der Waals surface area contributed by atoms with E-state index in [1.165, 1.54) is 6.07 Å². The molecular weight excluding hydrogens is 971 g/mol. The maximum absolute atomic E-state index is 13.5. The summed E-state index contributed by atoms with van der Waals surface area (Å²) in [6, 6.07) is 9.87. The van der Waals surface area contributed by atoms with Crippen molar-refractivity contribution in [3.05, 3.63) is 145 Å². The fraction of sp³-hybridized carbons (Fsp3) is 0.362. The number of anilines is 1. The monoisotopic (exact) mass is 1020 g/mol. The van der Waals surface area contributed by atoms with Crippen molar-refractivity contribution in [2.24, 2.45) is 28.2 Å². The molecule has 1 saturated heterocycles. The highest BCUT2D eigenvalue weighted by Crippen LogP contribution is 2.45. The summed E-state index contributed by atoms with van der Waals surface area (Å²) < 4.78 is 86.9. The van der Waals surface area contributed by atoms with Gasteiger partial charge in [0.15, 0.2) is 11.2 Å². The number of aryl methyl sites for hydroxylation is 4. The van der Waals surface area contributed by atoms with Crippen LogP contribution in [0.2, 0.25) is 15.3 Å². The summed E-state index contributed by atoms with van der Waals surface area (Å²) in [6.07, 6.45) is -4.27. The van der Waals surface area contributed by atoms with E-state index in [0.717, 1.165) is 6.42 Å². The minimum atomic E-state index is -4.51. The fourth-order valence-electron chi connectivity index (χ4n) is 8.76. The SMILES string of the molecule is Cc1ncc(C(O)(c2ccc3nc(Cl)c(CC(F)(F)F)c(Cl)c3c2)c2cnc(C)n2C)n1C.Cc1ncc(C(O)(c2ccc3nc(Cl)c(CC(F)(F)F)c(N4CCC4)c3c2)c2cnc(C)n2C)n1C. The Kier molecular flexibility index (Phi) is 12.9. The van der Waals surface area contributed by atoms with Gasteiger partial charge in [0.2, 0.25) is 0 Å². The topological polar surface area (TPSA) is 141 Å². The van der Waals surface area contributed by atoms with Gasteiger partial charge in [0.1, 0.15) is 33.6 Å². The average molecular weight is 1020 g/mol. The van der Waals surface area contributed by atoms with Gasteiger partial charge in [-0.1, -0.05) is 46.9 Å². The van der Waals surface area contributed by atoms with Crippen LogP contribution < -0.4 is 4.90 Å². The van der Waals surface area contributed by atoms with Crippen LogP contribution in [0.25, 0.3) is 21.8 Å². The predicted molar refractivity (Wildman–Crippen MR) is 251 cm³/mol. The number of fused-ring (bicyclic) bond motifs is 2. The molecule has 1 aliphatic heterocycles. The lowest BCUT2D eigenvalue weighted by Gasteiger charge is -2.36. The summed E-state index contributed by atoms with van der Waals surface area (Å²) in [7, 11) is 7.15. The molecule has 9 rings (SSSR count). The maximum atomic E-state index is 13.5. The van der Waals surface area contributed by atoms with E-state index < -0.39 is 36.4 Å². The van der Waals surface area contributed by atoms with E-state index in [2.05, 4.69) is 29.9 Å². The number of benzene rings is 2. The van der Waals surface area contributed by atoms with E-state index >= 15 is 0 Å². The largest absolute Gasteiger partial charge is 0.393 e. The van der Waals surface area contributed by atoms with Crippen LogP contribution in [0.1, 0.15) is 74.7 Å². The third-order valence-corrected chi connectivity index (χ3v) is 14.2. The zero-order valence-electron chi connectivity index (χ0n) is 38.5. The molecule has 1 fully saturated rings. The molecule has 22 heteroatoms. The number of hydrogen-bond donors (Lipinski definition) is 2. The van der Waals surface area contributed by atoms with Crippen molar-refractivity contribution in [1.29, 1.82) is 0 Å². The molecule has 2 aromatic carbocycles. The van der Waals surface area contributed by atoms with Gasteiger partial charge in [0.05, 0.1) is 82.1 Å². The summed E-state index contributed by atoms with van der Waals surface area (Å²) >= 11 is 18.7. The number of halogens is 9. The zero-order chi connectivity index (χ0) is 50.3. The zero-order valence-corrected chi connectivity index (χ0v) is 40.8. The molecule has 0 saturated carbocycles. The van der Waals surface area contributed by atoms with E-state index in [1.54, 1.807) is 115 Å². The number of pyridine rings is 2. The molecule has 0 amide bonds. The first kappa shape index (κ1) is 49.7. The number of imidazole rings is 4. The van der Waals surface area contributed by atoms with Gasteiger partial charge in [-0.05, 0) is 69.5 Å². The molecule has 0 bridgehead atoms. The lowest BCUT2D eigenvalue weighted by Crippen LogP contribution is -2.38.